The maximum atomic E-state index is 13.5. The largest absolute Gasteiger partial charge is 0.479 e. The second-order valence-corrected chi connectivity index (χ2v) is 6.51. The summed E-state index contributed by atoms with van der Waals surface area (Å²) in [5, 5.41) is 9.48. The topological polar surface area (TPSA) is 75.2 Å². The number of hydrogen-bond acceptors (Lipinski definition) is 4. The Kier molecular flexibility index (Phi) is 5.46. The molecule has 2 N–H and O–H groups in total. The van der Waals surface area contributed by atoms with Crippen LogP contribution in [0.3, 0.4) is 0 Å². The number of hydrogen-bond donors (Lipinski definition) is 2. The average molecular weight is 412 g/mol. The number of methoxy groups -OCH3 is 1. The molecular weight excluding hydrogens is 395 g/mol. The first-order chi connectivity index (χ1) is 13.2. The normalized spacial score (nSPS) is 13.6. The first-order valence-electron chi connectivity index (χ1n) is 8.26. The molecule has 0 spiro atoms. The summed E-state index contributed by atoms with van der Waals surface area (Å²) in [7, 11) is 1.25. The molecule has 0 bridgehead atoms. The number of nitrogens with zero attached hydrogens (tertiary/aromatic N) is 3. The highest BCUT2D eigenvalue weighted by atomic mass is 35.5. The summed E-state index contributed by atoms with van der Waals surface area (Å²) in [5.74, 6) is 0.243. The lowest BCUT2D eigenvalue weighted by Gasteiger charge is -2.13. The van der Waals surface area contributed by atoms with E-state index < -0.39 is 11.9 Å². The highest BCUT2D eigenvalue weighted by molar-refractivity contribution is 6.30. The third kappa shape index (κ3) is 4.19. The number of aromatic nitrogens is 3. The molecule has 2 heterocycles. The smallest absolute Gasteiger partial charge is 0.434 e. The Morgan fingerprint density at radius 2 is 1.96 bits per heavy atom. The molecule has 0 aliphatic carbocycles. The van der Waals surface area contributed by atoms with Crippen molar-refractivity contribution in [2.45, 2.75) is 26.1 Å². The van der Waals surface area contributed by atoms with E-state index in [-0.39, 0.29) is 28.6 Å². The Balaban J connectivity index is 1.92. The molecule has 10 heteroatoms. The van der Waals surface area contributed by atoms with Gasteiger partial charge in [-0.05, 0) is 31.5 Å². The van der Waals surface area contributed by atoms with Gasteiger partial charge >= 0.3 is 6.18 Å². The Hall–Kier alpha value is -2.81. The van der Waals surface area contributed by atoms with E-state index in [0.29, 0.717) is 10.9 Å². The van der Waals surface area contributed by atoms with E-state index in [1.165, 1.54) is 13.2 Å². The number of fused-ring (bicyclic) bond motifs is 1. The predicted molar refractivity (Wildman–Crippen MR) is 102 cm³/mol. The van der Waals surface area contributed by atoms with Crippen LogP contribution in [0.15, 0.2) is 35.3 Å². The van der Waals surface area contributed by atoms with Crippen LogP contribution in [0.4, 0.5) is 19.0 Å². The van der Waals surface area contributed by atoms with Crippen molar-refractivity contribution in [1.82, 2.24) is 15.2 Å². The van der Waals surface area contributed by atoms with Crippen molar-refractivity contribution in [1.29, 1.82) is 0 Å². The predicted octanol–water partition coefficient (Wildman–Crippen LogP) is 5.23. The van der Waals surface area contributed by atoms with Gasteiger partial charge in [0, 0.05) is 11.1 Å². The van der Waals surface area contributed by atoms with Crippen molar-refractivity contribution in [2.75, 3.05) is 12.4 Å². The Morgan fingerprint density at radius 3 is 2.57 bits per heavy atom. The minimum atomic E-state index is -4.67. The van der Waals surface area contributed by atoms with Gasteiger partial charge in [-0.1, -0.05) is 23.7 Å². The van der Waals surface area contributed by atoms with E-state index in [4.69, 9.17) is 16.3 Å². The molecule has 0 amide bonds. The molecule has 1 aromatic carbocycles. The molecule has 28 heavy (non-hydrogen) atoms. The van der Waals surface area contributed by atoms with E-state index in [1.807, 2.05) is 19.1 Å². The first-order valence-corrected chi connectivity index (χ1v) is 8.64. The maximum absolute atomic E-state index is 13.5. The number of alkyl halides is 3. The van der Waals surface area contributed by atoms with Crippen LogP contribution in [0.5, 0.6) is 5.88 Å². The number of rotatable bonds is 4. The molecule has 148 valence electrons. The Morgan fingerprint density at radius 1 is 1.29 bits per heavy atom. The fourth-order valence-electron chi connectivity index (χ4n) is 2.76. The summed E-state index contributed by atoms with van der Waals surface area (Å²) in [6, 6.07) is 8.39. The number of ether oxygens (including phenoxy) is 1. The fraction of sp³-hybridized carbons (Fsp3) is 0.278. The zero-order valence-corrected chi connectivity index (χ0v) is 16.0. The van der Waals surface area contributed by atoms with E-state index in [9.17, 15) is 13.2 Å². The van der Waals surface area contributed by atoms with Crippen molar-refractivity contribution in [3.8, 4) is 5.88 Å². The molecule has 0 aliphatic heterocycles. The SMILES string of the molecule is COc1n[nH]c2cc(NC(C)=NC(C)c3ccc(Cl)cc3)nc(C(F)(F)F)c12. The van der Waals surface area contributed by atoms with Crippen LogP contribution in [-0.4, -0.2) is 28.1 Å². The summed E-state index contributed by atoms with van der Waals surface area (Å²) in [6.45, 7) is 3.52. The maximum Gasteiger partial charge on any atom is 0.434 e. The van der Waals surface area contributed by atoms with E-state index in [1.54, 1.807) is 19.1 Å². The van der Waals surface area contributed by atoms with E-state index >= 15 is 0 Å². The van der Waals surface area contributed by atoms with Gasteiger partial charge in [0.15, 0.2) is 5.69 Å². The Labute approximate surface area is 163 Å². The lowest BCUT2D eigenvalue weighted by Crippen LogP contribution is -2.14. The molecule has 2 aromatic heterocycles. The quantitative estimate of drug-likeness (QED) is 0.455. The van der Waals surface area contributed by atoms with Crippen molar-refractivity contribution in [2.24, 2.45) is 4.99 Å². The van der Waals surface area contributed by atoms with Gasteiger partial charge < -0.3 is 10.1 Å². The van der Waals surface area contributed by atoms with Gasteiger partial charge in [0.05, 0.1) is 29.9 Å². The minimum Gasteiger partial charge on any atom is -0.479 e. The number of H-pyrrole nitrogens is 1. The van der Waals surface area contributed by atoms with Crippen molar-refractivity contribution < 1.29 is 17.9 Å². The summed E-state index contributed by atoms with van der Waals surface area (Å²) >= 11 is 5.88. The van der Waals surface area contributed by atoms with Crippen LogP contribution in [0.2, 0.25) is 5.02 Å². The second-order valence-electron chi connectivity index (χ2n) is 6.08. The van der Waals surface area contributed by atoms with Crippen molar-refractivity contribution >= 4 is 34.2 Å². The second kappa shape index (κ2) is 7.67. The number of benzene rings is 1. The van der Waals surface area contributed by atoms with Gasteiger partial charge in [-0.15, -0.1) is 5.10 Å². The van der Waals surface area contributed by atoms with Crippen LogP contribution < -0.4 is 10.1 Å². The molecule has 0 radical (unpaired) electrons. The van der Waals surface area contributed by atoms with Crippen molar-refractivity contribution in [3.05, 3.63) is 46.6 Å². The van der Waals surface area contributed by atoms with Gasteiger partial charge in [-0.2, -0.15) is 13.2 Å². The number of halogens is 4. The number of anilines is 1. The minimum absolute atomic E-state index is 0.00400. The molecule has 3 aromatic rings. The number of pyridine rings is 1. The Bertz CT molecular complexity index is 1010. The highest BCUT2D eigenvalue weighted by Gasteiger charge is 2.37. The summed E-state index contributed by atoms with van der Waals surface area (Å²) in [5.41, 5.74) is -0.0138. The highest BCUT2D eigenvalue weighted by Crippen LogP contribution is 2.37. The molecule has 0 aliphatic rings. The molecule has 0 fully saturated rings. The number of aliphatic imine (C=N–C) groups is 1. The van der Waals surface area contributed by atoms with Crippen LogP contribution in [0.1, 0.15) is 31.1 Å². The van der Waals surface area contributed by atoms with E-state index in [0.717, 1.165) is 5.56 Å². The number of amidine groups is 1. The third-order valence-corrected chi connectivity index (χ3v) is 4.27. The molecule has 0 saturated heterocycles. The fourth-order valence-corrected chi connectivity index (χ4v) is 2.88. The van der Waals surface area contributed by atoms with Gasteiger partial charge in [0.1, 0.15) is 5.82 Å². The zero-order chi connectivity index (χ0) is 20.5. The number of aromatic amines is 1. The molecule has 0 saturated carbocycles. The third-order valence-electron chi connectivity index (χ3n) is 4.02. The summed E-state index contributed by atoms with van der Waals surface area (Å²) < 4.78 is 45.3. The van der Waals surface area contributed by atoms with Crippen LogP contribution >= 0.6 is 11.6 Å². The standard InChI is InChI=1S/C18H17ClF3N5O/c1-9(11-4-6-12(19)7-5-11)23-10(2)24-14-8-13-15(17(28-3)27-26-13)16(25-14)18(20,21)22/h4-9H,1-3H3,(H,26,27)(H,23,24,25). The summed E-state index contributed by atoms with van der Waals surface area (Å²) in [6.07, 6.45) is -4.67. The zero-order valence-electron chi connectivity index (χ0n) is 15.2. The van der Waals surface area contributed by atoms with Crippen LogP contribution in [0, 0.1) is 0 Å². The molecular formula is C18H17ClF3N5O. The summed E-state index contributed by atoms with van der Waals surface area (Å²) in [4.78, 5) is 8.17. The molecule has 3 rings (SSSR count). The number of nitrogens with one attached hydrogen (secondary N) is 2. The average Bonchev–Trinajstić information content (AvgIpc) is 3.03. The first kappa shape index (κ1) is 19.9. The van der Waals surface area contributed by atoms with Crippen LogP contribution in [0.25, 0.3) is 10.9 Å². The lowest BCUT2D eigenvalue weighted by molar-refractivity contribution is -0.139. The molecule has 1 atom stereocenters. The van der Waals surface area contributed by atoms with E-state index in [2.05, 4.69) is 25.5 Å². The van der Waals surface area contributed by atoms with Gasteiger partial charge in [-0.3, -0.25) is 10.1 Å². The van der Waals surface area contributed by atoms with Crippen molar-refractivity contribution in [3.63, 3.8) is 0 Å². The van der Waals surface area contributed by atoms with Gasteiger partial charge in [0.25, 0.3) is 0 Å². The molecule has 1 unspecified atom stereocenters. The molecule has 6 nitrogen and oxygen atoms in total. The van der Waals surface area contributed by atoms with Gasteiger partial charge in [-0.25, -0.2) is 4.98 Å². The monoisotopic (exact) mass is 411 g/mol. The van der Waals surface area contributed by atoms with Crippen LogP contribution in [-0.2, 0) is 6.18 Å². The lowest BCUT2D eigenvalue weighted by atomic mass is 10.1. The van der Waals surface area contributed by atoms with Gasteiger partial charge in [0.2, 0.25) is 5.88 Å².